The van der Waals surface area contributed by atoms with E-state index in [1.165, 1.54) is 35.6 Å². The van der Waals surface area contributed by atoms with Crippen molar-refractivity contribution in [2.24, 2.45) is 5.73 Å². The first kappa shape index (κ1) is 28.7. The Morgan fingerprint density at radius 2 is 1.71 bits per heavy atom. The Labute approximate surface area is 222 Å². The number of rotatable bonds is 13. The zero-order chi connectivity index (χ0) is 27.7. The highest BCUT2D eigenvalue weighted by Gasteiger charge is 2.30. The molecule has 11 heteroatoms. The van der Waals surface area contributed by atoms with Gasteiger partial charge in [0.15, 0.2) is 0 Å². The van der Waals surface area contributed by atoms with Crippen LogP contribution in [-0.4, -0.2) is 48.5 Å². The molecule has 1 aromatic heterocycles. The van der Waals surface area contributed by atoms with E-state index in [4.69, 9.17) is 15.9 Å². The predicted molar refractivity (Wildman–Crippen MR) is 141 cm³/mol. The van der Waals surface area contributed by atoms with Crippen molar-refractivity contribution >= 4 is 29.0 Å². The molecule has 1 unspecified atom stereocenters. The van der Waals surface area contributed by atoms with E-state index in [0.717, 1.165) is 9.78 Å². The van der Waals surface area contributed by atoms with Gasteiger partial charge >= 0.3 is 0 Å². The molecule has 2 atom stereocenters. The number of nitrogens with zero attached hydrogens (tertiary/aromatic N) is 1. The molecule has 4 N–H and O–H groups in total. The Morgan fingerprint density at radius 1 is 1.08 bits per heavy atom. The van der Waals surface area contributed by atoms with Crippen LogP contribution in [0.1, 0.15) is 35.4 Å². The molecule has 3 rings (SSSR count). The first-order chi connectivity index (χ1) is 18.2. The lowest BCUT2D eigenvalue weighted by molar-refractivity contribution is -0.141. The van der Waals surface area contributed by atoms with Gasteiger partial charge in [-0.25, -0.2) is 8.78 Å². The van der Waals surface area contributed by atoms with Gasteiger partial charge in [-0.05, 0) is 55.0 Å². The van der Waals surface area contributed by atoms with Gasteiger partial charge < -0.3 is 20.7 Å². The van der Waals surface area contributed by atoms with E-state index in [2.05, 4.69) is 5.32 Å². The van der Waals surface area contributed by atoms with Crippen molar-refractivity contribution in [3.8, 4) is 11.5 Å². The minimum Gasteiger partial charge on any atom is -0.457 e. The fourth-order valence-corrected chi connectivity index (χ4v) is 4.69. The minimum atomic E-state index is -1.20. The molecular formula is C27H29F3N4O3S. The second kappa shape index (κ2) is 13.6. The third-order valence-electron chi connectivity index (χ3n) is 5.75. The zero-order valence-corrected chi connectivity index (χ0v) is 21.6. The Bertz CT molecular complexity index is 1240. The molecule has 0 saturated heterocycles. The van der Waals surface area contributed by atoms with E-state index >= 15 is 0 Å². The van der Waals surface area contributed by atoms with Crippen molar-refractivity contribution in [1.82, 2.24) is 10.2 Å². The van der Waals surface area contributed by atoms with Crippen LogP contribution in [0.3, 0.4) is 0 Å². The highest BCUT2D eigenvalue weighted by atomic mass is 32.1. The molecule has 0 radical (unpaired) electrons. The maximum Gasteiger partial charge on any atom is 0.243 e. The van der Waals surface area contributed by atoms with Crippen LogP contribution < -0.4 is 15.8 Å². The number of hydrogen-bond donors (Lipinski definition) is 3. The van der Waals surface area contributed by atoms with Gasteiger partial charge in [-0.2, -0.15) is 0 Å². The van der Waals surface area contributed by atoms with Crippen molar-refractivity contribution in [3.63, 3.8) is 0 Å². The first-order valence-corrected chi connectivity index (χ1v) is 12.8. The summed E-state index contributed by atoms with van der Waals surface area (Å²) in [6.45, 7) is -0.401. The lowest BCUT2D eigenvalue weighted by atomic mass is 10.1. The number of benzene rings is 2. The van der Waals surface area contributed by atoms with Crippen molar-refractivity contribution in [2.45, 2.75) is 31.8 Å². The number of carbonyl (C=O) groups excluding carboxylic acids is 2. The monoisotopic (exact) mass is 546 g/mol. The topological polar surface area (TPSA) is 109 Å². The molecule has 0 fully saturated rings. The van der Waals surface area contributed by atoms with E-state index in [-0.39, 0.29) is 31.0 Å². The molecule has 38 heavy (non-hydrogen) atoms. The van der Waals surface area contributed by atoms with Crippen LogP contribution in [0.5, 0.6) is 11.5 Å². The van der Waals surface area contributed by atoms with Crippen molar-refractivity contribution in [1.29, 1.82) is 5.41 Å². The minimum absolute atomic E-state index is 0.101. The number of thiophene rings is 1. The van der Waals surface area contributed by atoms with Crippen LogP contribution in [0.15, 0.2) is 60.0 Å². The molecule has 2 amide bonds. The van der Waals surface area contributed by atoms with Gasteiger partial charge in [-0.1, -0.05) is 12.1 Å². The summed E-state index contributed by atoms with van der Waals surface area (Å²) >= 11 is 1.30. The summed E-state index contributed by atoms with van der Waals surface area (Å²) in [4.78, 5) is 28.0. The maximum atomic E-state index is 13.4. The molecular weight excluding hydrogens is 517 g/mol. The number of alkyl halides is 2. The van der Waals surface area contributed by atoms with Crippen LogP contribution >= 0.6 is 11.3 Å². The lowest BCUT2D eigenvalue weighted by Crippen LogP contribution is -2.51. The second-order valence-corrected chi connectivity index (χ2v) is 9.47. The van der Waals surface area contributed by atoms with Gasteiger partial charge in [0, 0.05) is 28.8 Å². The number of nitrogens with one attached hydrogen (secondary N) is 2. The van der Waals surface area contributed by atoms with E-state index < -0.39 is 37.2 Å². The zero-order valence-electron chi connectivity index (χ0n) is 20.8. The molecule has 1 heterocycles. The van der Waals surface area contributed by atoms with E-state index in [1.807, 2.05) is 0 Å². The van der Waals surface area contributed by atoms with Gasteiger partial charge in [-0.15, -0.1) is 11.3 Å². The molecule has 7 nitrogen and oxygen atoms in total. The smallest absolute Gasteiger partial charge is 0.243 e. The van der Waals surface area contributed by atoms with Gasteiger partial charge in [-0.3, -0.25) is 19.4 Å². The molecule has 0 aliphatic rings. The highest BCUT2D eigenvalue weighted by Crippen LogP contribution is 2.24. The molecule has 0 aliphatic heterocycles. The van der Waals surface area contributed by atoms with Crippen molar-refractivity contribution in [3.05, 3.63) is 81.8 Å². The number of carbonyl (C=O) groups is 2. The summed E-state index contributed by atoms with van der Waals surface area (Å²) in [6.07, 6.45) is -0.410. The molecule has 0 spiro atoms. The Hall–Kier alpha value is -3.86. The highest BCUT2D eigenvalue weighted by molar-refractivity contribution is 7.10. The number of amides is 2. The molecule has 0 bridgehead atoms. The largest absolute Gasteiger partial charge is 0.457 e. The average molecular weight is 547 g/mol. The molecule has 202 valence electrons. The number of halogens is 3. The number of nitrogen functional groups attached to an aromatic ring is 1. The third kappa shape index (κ3) is 7.82. The number of nitrogens with two attached hydrogens (primary N) is 1. The molecule has 3 aromatic rings. The van der Waals surface area contributed by atoms with Gasteiger partial charge in [0.25, 0.3) is 0 Å². The Kier molecular flexibility index (Phi) is 10.3. The predicted octanol–water partition coefficient (Wildman–Crippen LogP) is 4.91. The van der Waals surface area contributed by atoms with Gasteiger partial charge in [0.1, 0.15) is 35.9 Å². The fourth-order valence-electron chi connectivity index (χ4n) is 3.77. The quantitative estimate of drug-likeness (QED) is 0.209. The van der Waals surface area contributed by atoms with E-state index in [1.54, 1.807) is 42.6 Å². The van der Waals surface area contributed by atoms with Crippen LogP contribution in [0.2, 0.25) is 0 Å². The summed E-state index contributed by atoms with van der Waals surface area (Å²) < 4.78 is 45.5. The summed E-state index contributed by atoms with van der Waals surface area (Å²) in [7, 11) is 0. The lowest BCUT2D eigenvalue weighted by Gasteiger charge is -2.31. The van der Waals surface area contributed by atoms with E-state index in [0.29, 0.717) is 22.6 Å². The molecule has 0 aliphatic carbocycles. The standard InChI is InChI=1S/C27H29F3N4O3S/c1-17(24-15-19(16-38-24)26(31)32)33-27(36)23(10-11-28)34(13-12-29)25(35)14-18-2-6-21(7-3-18)37-22-8-4-20(30)5-9-22/h2-9,15-17,23H,10-14H2,1H3,(H3,31,32)(H,33,36)/t17-,23?/m1/s1. The van der Waals surface area contributed by atoms with Crippen LogP contribution in [-0.2, 0) is 16.0 Å². The van der Waals surface area contributed by atoms with Crippen LogP contribution in [0.4, 0.5) is 13.2 Å². The summed E-state index contributed by atoms with van der Waals surface area (Å²) in [5.41, 5.74) is 6.61. The van der Waals surface area contributed by atoms with Crippen LogP contribution in [0.25, 0.3) is 0 Å². The van der Waals surface area contributed by atoms with Crippen molar-refractivity contribution in [2.75, 3.05) is 19.9 Å². The van der Waals surface area contributed by atoms with E-state index in [9.17, 15) is 22.8 Å². The number of amidine groups is 1. The number of hydrogen-bond acceptors (Lipinski definition) is 5. The van der Waals surface area contributed by atoms with Gasteiger partial charge in [0.05, 0.1) is 19.1 Å². The summed E-state index contributed by atoms with van der Waals surface area (Å²) in [5.74, 6) is -0.691. The Morgan fingerprint density at radius 3 is 2.26 bits per heavy atom. The van der Waals surface area contributed by atoms with Gasteiger partial charge in [0.2, 0.25) is 11.8 Å². The average Bonchev–Trinajstić information content (AvgIpc) is 3.40. The third-order valence-corrected chi connectivity index (χ3v) is 6.87. The summed E-state index contributed by atoms with van der Waals surface area (Å²) in [5, 5.41) is 12.0. The van der Waals surface area contributed by atoms with Crippen molar-refractivity contribution < 1.29 is 27.5 Å². The molecule has 0 saturated carbocycles. The molecule has 2 aromatic carbocycles. The normalized spacial score (nSPS) is 12.4. The first-order valence-electron chi connectivity index (χ1n) is 11.9. The number of ether oxygens (including phenoxy) is 1. The SMILES string of the molecule is C[C@@H](NC(=O)C(CCF)N(CCF)C(=O)Cc1ccc(Oc2ccc(F)cc2)cc1)c1cc(C(=N)N)cs1. The maximum absolute atomic E-state index is 13.4. The summed E-state index contributed by atoms with van der Waals surface area (Å²) in [6, 6.07) is 12.1. The Balaban J connectivity index is 1.68. The van der Waals surface area contributed by atoms with Crippen LogP contribution in [0, 0.1) is 11.2 Å². The second-order valence-electron chi connectivity index (χ2n) is 8.53. The fraction of sp³-hybridized carbons (Fsp3) is 0.296.